The predicted octanol–water partition coefficient (Wildman–Crippen LogP) is 3.48. The van der Waals surface area contributed by atoms with Gasteiger partial charge in [-0.3, -0.25) is 4.79 Å². The highest BCUT2D eigenvalue weighted by molar-refractivity contribution is 5.89. The zero-order chi connectivity index (χ0) is 29.1. The molecule has 11 heteroatoms. The third-order valence-electron chi connectivity index (χ3n) is 7.46. The van der Waals surface area contributed by atoms with Gasteiger partial charge in [-0.05, 0) is 80.5 Å². The van der Waals surface area contributed by atoms with Crippen molar-refractivity contribution in [2.24, 2.45) is 0 Å². The monoisotopic (exact) mass is 562 g/mol. The molecular weight excluding hydrogens is 528 g/mol. The third-order valence-corrected chi connectivity index (χ3v) is 7.46. The lowest BCUT2D eigenvalue weighted by Gasteiger charge is -2.35. The van der Waals surface area contributed by atoms with Crippen LogP contribution in [0.3, 0.4) is 0 Å². The largest absolute Gasteiger partial charge is 0.353 e. The smallest absolute Gasteiger partial charge is 0.246 e. The van der Waals surface area contributed by atoms with E-state index in [2.05, 4.69) is 67.5 Å². The molecule has 214 valence electrons. The van der Waals surface area contributed by atoms with Crippen molar-refractivity contribution in [1.82, 2.24) is 39.3 Å². The van der Waals surface area contributed by atoms with Gasteiger partial charge in [0.1, 0.15) is 24.0 Å². The van der Waals surface area contributed by atoms with Gasteiger partial charge in [-0.2, -0.15) is 5.10 Å². The van der Waals surface area contributed by atoms with E-state index in [0.717, 1.165) is 35.6 Å². The molecule has 5 aromatic rings. The highest BCUT2D eigenvalue weighted by atomic mass is 16.2. The van der Waals surface area contributed by atoms with Crippen LogP contribution in [-0.4, -0.2) is 92.1 Å². The van der Waals surface area contributed by atoms with Gasteiger partial charge in [-0.25, -0.2) is 24.5 Å². The Morgan fingerprint density at radius 1 is 1.00 bits per heavy atom. The minimum absolute atomic E-state index is 0.0561. The van der Waals surface area contributed by atoms with E-state index < -0.39 is 0 Å². The fourth-order valence-corrected chi connectivity index (χ4v) is 5.12. The van der Waals surface area contributed by atoms with Crippen LogP contribution in [0.4, 0.5) is 17.3 Å². The van der Waals surface area contributed by atoms with E-state index in [1.165, 1.54) is 16.7 Å². The lowest BCUT2D eigenvalue weighted by Crippen LogP contribution is -2.48. The van der Waals surface area contributed by atoms with Gasteiger partial charge in [0.2, 0.25) is 5.91 Å². The number of carbonyl (C=O) groups excluding carboxylic acids is 1. The van der Waals surface area contributed by atoms with E-state index in [4.69, 9.17) is 4.98 Å². The van der Waals surface area contributed by atoms with Gasteiger partial charge in [0.15, 0.2) is 11.5 Å². The Hall–Kier alpha value is -4.90. The number of rotatable bonds is 8. The topological polar surface area (TPSA) is 108 Å². The van der Waals surface area contributed by atoms with E-state index in [-0.39, 0.29) is 5.91 Å². The van der Waals surface area contributed by atoms with Crippen LogP contribution in [0, 0.1) is 6.92 Å². The summed E-state index contributed by atoms with van der Waals surface area (Å²) in [6.07, 6.45) is 9.45. The first-order valence-electron chi connectivity index (χ1n) is 14.0. The van der Waals surface area contributed by atoms with E-state index in [1.807, 2.05) is 48.3 Å². The minimum Gasteiger partial charge on any atom is -0.353 e. The number of aryl methyl sites for hydroxylation is 1. The number of hydrogen-bond donors (Lipinski definition) is 1. The van der Waals surface area contributed by atoms with Crippen molar-refractivity contribution >= 4 is 39.9 Å². The Balaban J connectivity index is 1.15. The lowest BCUT2D eigenvalue weighted by atomic mass is 10.0. The first-order chi connectivity index (χ1) is 20.4. The van der Waals surface area contributed by atoms with Crippen molar-refractivity contribution in [3.8, 4) is 0 Å². The molecule has 0 atom stereocenters. The second-order valence-electron chi connectivity index (χ2n) is 10.8. The summed E-state index contributed by atoms with van der Waals surface area (Å²) >= 11 is 0. The number of likely N-dealkylation sites (N-methyl/N-ethyl adjacent to an activating group) is 1. The lowest BCUT2D eigenvalue weighted by molar-refractivity contribution is -0.126. The van der Waals surface area contributed by atoms with Crippen LogP contribution < -0.4 is 10.2 Å². The van der Waals surface area contributed by atoms with Crippen molar-refractivity contribution < 1.29 is 4.79 Å². The maximum absolute atomic E-state index is 12.5. The fourth-order valence-electron chi connectivity index (χ4n) is 5.12. The van der Waals surface area contributed by atoms with E-state index in [0.29, 0.717) is 37.5 Å². The minimum atomic E-state index is 0.0561. The van der Waals surface area contributed by atoms with Gasteiger partial charge in [0, 0.05) is 50.7 Å². The zero-order valence-corrected chi connectivity index (χ0v) is 24.1. The molecule has 1 fully saturated rings. The van der Waals surface area contributed by atoms with Gasteiger partial charge in [-0.15, -0.1) is 0 Å². The van der Waals surface area contributed by atoms with Gasteiger partial charge in [0.05, 0.1) is 5.52 Å². The van der Waals surface area contributed by atoms with Gasteiger partial charge in [0.25, 0.3) is 0 Å². The average molecular weight is 563 g/mol. The quantitative estimate of drug-likeness (QED) is 0.285. The molecule has 1 saturated heterocycles. The molecule has 42 heavy (non-hydrogen) atoms. The molecule has 5 heterocycles. The van der Waals surface area contributed by atoms with Crippen LogP contribution in [-0.2, 0) is 11.2 Å². The van der Waals surface area contributed by atoms with Crippen LogP contribution in [0.2, 0.25) is 0 Å². The Bertz CT molecular complexity index is 1750. The van der Waals surface area contributed by atoms with Gasteiger partial charge < -0.3 is 20.0 Å². The summed E-state index contributed by atoms with van der Waals surface area (Å²) in [7, 11) is 3.97. The Labute approximate surface area is 244 Å². The first kappa shape index (κ1) is 27.3. The number of carbonyl (C=O) groups is 1. The number of benzene rings is 1. The van der Waals surface area contributed by atoms with Crippen LogP contribution in [0.25, 0.3) is 16.7 Å². The normalized spacial score (nSPS) is 14.0. The van der Waals surface area contributed by atoms with Crippen molar-refractivity contribution in [2.75, 3.05) is 57.0 Å². The van der Waals surface area contributed by atoms with E-state index >= 15 is 0 Å². The number of pyridine rings is 2. The predicted molar refractivity (Wildman–Crippen MR) is 164 cm³/mol. The number of nitrogens with one attached hydrogen (secondary N) is 1. The Morgan fingerprint density at radius 3 is 2.67 bits per heavy atom. The summed E-state index contributed by atoms with van der Waals surface area (Å²) in [6.45, 7) is 5.60. The summed E-state index contributed by atoms with van der Waals surface area (Å²) in [5.41, 5.74) is 6.86. The highest BCUT2D eigenvalue weighted by Crippen LogP contribution is 2.26. The molecule has 1 N–H and O–H groups in total. The molecule has 4 aromatic heterocycles. The maximum atomic E-state index is 12.5. The summed E-state index contributed by atoms with van der Waals surface area (Å²) in [4.78, 5) is 36.9. The first-order valence-corrected chi connectivity index (χ1v) is 14.0. The number of anilines is 3. The molecule has 0 aliphatic carbocycles. The van der Waals surface area contributed by atoms with Crippen molar-refractivity contribution in [1.29, 1.82) is 0 Å². The SMILES string of the molecule is Cc1cc(Nc2ncnc3ccc(N4CCN(C(=O)/C=C/CN(C)C)CC4)nc23)ccc1Cc1ccn2ncnc2c1. The molecule has 1 aliphatic heterocycles. The second kappa shape index (κ2) is 11.9. The molecule has 1 amide bonds. The molecular formula is C31H34N10O. The molecule has 1 aromatic carbocycles. The molecule has 0 bridgehead atoms. The van der Waals surface area contributed by atoms with Crippen molar-refractivity contribution in [3.63, 3.8) is 0 Å². The summed E-state index contributed by atoms with van der Waals surface area (Å²) < 4.78 is 1.77. The number of nitrogens with zero attached hydrogens (tertiary/aromatic N) is 9. The maximum Gasteiger partial charge on any atom is 0.246 e. The number of amides is 1. The van der Waals surface area contributed by atoms with Crippen LogP contribution in [0.1, 0.15) is 16.7 Å². The fraction of sp³-hybridized carbons (Fsp3) is 0.290. The van der Waals surface area contributed by atoms with Crippen molar-refractivity contribution in [3.05, 3.63) is 90.2 Å². The third kappa shape index (κ3) is 6.06. The van der Waals surface area contributed by atoms with Crippen LogP contribution in [0.15, 0.2) is 73.5 Å². The average Bonchev–Trinajstić information content (AvgIpc) is 3.46. The van der Waals surface area contributed by atoms with Gasteiger partial charge >= 0.3 is 0 Å². The molecule has 0 radical (unpaired) electrons. The Morgan fingerprint density at radius 2 is 1.86 bits per heavy atom. The zero-order valence-electron chi connectivity index (χ0n) is 24.1. The van der Waals surface area contributed by atoms with Gasteiger partial charge in [-0.1, -0.05) is 12.1 Å². The number of hydrogen-bond acceptors (Lipinski definition) is 9. The molecule has 1 aliphatic rings. The summed E-state index contributed by atoms with van der Waals surface area (Å²) in [6, 6.07) is 14.5. The van der Waals surface area contributed by atoms with E-state index in [9.17, 15) is 4.79 Å². The standard InChI is InChI=1S/C31H34N10O/c1-22-17-25(7-6-24(22)18-23-10-12-41-28(19-23)33-21-35-41)36-31-30-26(32-20-34-31)8-9-27(37-30)39-13-15-40(16-14-39)29(42)5-4-11-38(2)3/h4-10,12,17,19-21H,11,13-16,18H2,1-3H3,(H,32,34,36)/b5-4+. The summed E-state index contributed by atoms with van der Waals surface area (Å²) in [5, 5.41) is 7.63. The van der Waals surface area contributed by atoms with Crippen LogP contribution >= 0.6 is 0 Å². The summed E-state index contributed by atoms with van der Waals surface area (Å²) in [5.74, 6) is 1.57. The number of aromatic nitrogens is 6. The molecule has 11 nitrogen and oxygen atoms in total. The van der Waals surface area contributed by atoms with E-state index in [1.54, 1.807) is 23.2 Å². The van der Waals surface area contributed by atoms with Crippen LogP contribution in [0.5, 0.6) is 0 Å². The molecule has 0 saturated carbocycles. The Kier molecular flexibility index (Phi) is 7.74. The molecule has 6 rings (SSSR count). The molecule has 0 unspecified atom stereocenters. The van der Waals surface area contributed by atoms with Crippen molar-refractivity contribution in [2.45, 2.75) is 13.3 Å². The number of piperazine rings is 1. The highest BCUT2D eigenvalue weighted by Gasteiger charge is 2.21. The second-order valence-corrected chi connectivity index (χ2v) is 10.8. The number of fused-ring (bicyclic) bond motifs is 2. The molecule has 0 spiro atoms.